The van der Waals surface area contributed by atoms with Gasteiger partial charge in [0.2, 0.25) is 17.8 Å². The van der Waals surface area contributed by atoms with Crippen molar-refractivity contribution in [1.29, 1.82) is 0 Å². The van der Waals surface area contributed by atoms with Crippen LogP contribution in [0.1, 0.15) is 47.2 Å². The first-order valence-corrected chi connectivity index (χ1v) is 18.2. The third-order valence-electron chi connectivity index (χ3n) is 10.4. The number of benzene rings is 2. The minimum atomic E-state index is -0.631. The number of pyridine rings is 1. The van der Waals surface area contributed by atoms with Crippen molar-refractivity contribution < 1.29 is 23.9 Å². The largest absolute Gasteiger partial charge is 0.478 e. The maximum absolute atomic E-state index is 13.1. The number of carbonyl (C=O) groups is 4. The third-order valence-corrected chi connectivity index (χ3v) is 10.7. The molecule has 3 aliphatic heterocycles. The second-order valence-electron chi connectivity index (χ2n) is 14.2. The molecule has 2 aromatic carbocycles. The molecule has 5 heterocycles. The number of imide groups is 1. The highest BCUT2D eigenvalue weighted by atomic mass is 35.5. The van der Waals surface area contributed by atoms with E-state index in [9.17, 15) is 24.0 Å². The normalized spacial score (nSPS) is 17.6. The Hall–Kier alpha value is -5.54. The molecule has 3 aliphatic rings. The van der Waals surface area contributed by atoms with Gasteiger partial charge in [0.25, 0.3) is 17.4 Å². The molecule has 15 nitrogen and oxygen atoms in total. The maximum atomic E-state index is 13.1. The highest BCUT2D eigenvalue weighted by Gasteiger charge is 2.39. The Morgan fingerprint density at radius 2 is 1.81 bits per heavy atom. The van der Waals surface area contributed by atoms with Gasteiger partial charge in [-0.25, -0.2) is 4.98 Å². The number of aromatic nitrogens is 3. The minimum Gasteiger partial charge on any atom is -0.478 e. The number of ether oxygens (including phenoxy) is 1. The van der Waals surface area contributed by atoms with E-state index in [0.29, 0.717) is 59.1 Å². The van der Waals surface area contributed by atoms with E-state index < -0.39 is 11.9 Å². The van der Waals surface area contributed by atoms with Gasteiger partial charge in [-0.2, -0.15) is 4.98 Å². The van der Waals surface area contributed by atoms with Gasteiger partial charge in [0.05, 0.1) is 11.7 Å². The predicted molar refractivity (Wildman–Crippen MR) is 203 cm³/mol. The average molecular weight is 756 g/mol. The summed E-state index contributed by atoms with van der Waals surface area (Å²) in [7, 11) is 7.01. The fourth-order valence-corrected chi connectivity index (χ4v) is 7.43. The van der Waals surface area contributed by atoms with Crippen molar-refractivity contribution in [2.45, 2.75) is 50.9 Å². The van der Waals surface area contributed by atoms with Crippen LogP contribution in [-0.2, 0) is 34.5 Å². The molecule has 1 atom stereocenters. The van der Waals surface area contributed by atoms with Gasteiger partial charge in [-0.1, -0.05) is 23.7 Å². The van der Waals surface area contributed by atoms with Gasteiger partial charge in [-0.05, 0) is 67.8 Å². The summed E-state index contributed by atoms with van der Waals surface area (Å²) in [6, 6.07) is 12.7. The van der Waals surface area contributed by atoms with Crippen LogP contribution in [0, 0.1) is 0 Å². The Balaban J connectivity index is 0.970. The summed E-state index contributed by atoms with van der Waals surface area (Å²) < 4.78 is 7.07. The smallest absolute Gasteiger partial charge is 0.293 e. The van der Waals surface area contributed by atoms with E-state index in [2.05, 4.69) is 38.5 Å². The predicted octanol–water partition coefficient (Wildman–Crippen LogP) is 3.05. The van der Waals surface area contributed by atoms with Gasteiger partial charge in [-0.15, -0.1) is 0 Å². The van der Waals surface area contributed by atoms with Crippen LogP contribution >= 0.6 is 11.6 Å². The molecule has 4 aromatic rings. The molecule has 2 N–H and O–H groups in total. The molecule has 1 unspecified atom stereocenters. The molecule has 2 aromatic heterocycles. The number of nitrogens with one attached hydrogen (secondary N) is 2. The lowest BCUT2D eigenvalue weighted by Crippen LogP contribution is -2.52. The first kappa shape index (κ1) is 36.8. The van der Waals surface area contributed by atoms with Gasteiger partial charge in [-0.3, -0.25) is 34.2 Å². The number of piperidine rings is 2. The summed E-state index contributed by atoms with van der Waals surface area (Å²) >= 11 is 6.55. The van der Waals surface area contributed by atoms with E-state index in [1.807, 2.05) is 30.3 Å². The van der Waals surface area contributed by atoms with Crippen LogP contribution < -0.4 is 25.8 Å². The zero-order valence-electron chi connectivity index (χ0n) is 30.6. The van der Waals surface area contributed by atoms with Gasteiger partial charge in [0.15, 0.2) is 18.2 Å². The molecular formula is C38H42ClN9O6. The molecule has 0 aliphatic carbocycles. The number of amides is 4. The highest BCUT2D eigenvalue weighted by Crippen LogP contribution is 2.31. The zero-order chi connectivity index (χ0) is 38.3. The van der Waals surface area contributed by atoms with Crippen molar-refractivity contribution in [3.63, 3.8) is 0 Å². The van der Waals surface area contributed by atoms with Crippen molar-refractivity contribution >= 4 is 63.6 Å². The minimum absolute atomic E-state index is 0.0795. The zero-order valence-corrected chi connectivity index (χ0v) is 31.4. The number of likely N-dealkylation sites (N-methyl/N-ethyl adjacent to an activating group) is 1. The van der Waals surface area contributed by atoms with Crippen molar-refractivity contribution in [2.24, 2.45) is 7.05 Å². The topological polar surface area (TPSA) is 162 Å². The number of aryl methyl sites for hydroxylation is 1. The molecule has 4 amide bonds. The van der Waals surface area contributed by atoms with Crippen molar-refractivity contribution in [3.8, 4) is 5.75 Å². The summed E-state index contributed by atoms with van der Waals surface area (Å²) in [6.45, 7) is 2.31. The van der Waals surface area contributed by atoms with E-state index >= 15 is 0 Å². The van der Waals surface area contributed by atoms with Crippen molar-refractivity contribution in [3.05, 3.63) is 80.7 Å². The average Bonchev–Trinajstić information content (AvgIpc) is 3.47. The molecule has 54 heavy (non-hydrogen) atoms. The fraction of sp³-hybridized carbons (Fsp3) is 0.395. The monoisotopic (exact) mass is 755 g/mol. The molecule has 16 heteroatoms. The van der Waals surface area contributed by atoms with Crippen molar-refractivity contribution in [2.75, 3.05) is 51.1 Å². The van der Waals surface area contributed by atoms with Crippen LogP contribution in [0.4, 0.5) is 17.5 Å². The van der Waals surface area contributed by atoms with Crippen LogP contribution in [0.2, 0.25) is 5.02 Å². The van der Waals surface area contributed by atoms with E-state index in [0.717, 1.165) is 42.4 Å². The molecule has 0 spiro atoms. The van der Waals surface area contributed by atoms with E-state index in [1.54, 1.807) is 38.3 Å². The van der Waals surface area contributed by atoms with Crippen LogP contribution in [-0.4, -0.2) is 106 Å². The van der Waals surface area contributed by atoms with E-state index in [-0.39, 0.29) is 42.1 Å². The Bertz CT molecular complexity index is 2220. The van der Waals surface area contributed by atoms with E-state index in [1.165, 1.54) is 9.47 Å². The summed E-state index contributed by atoms with van der Waals surface area (Å²) in [5, 5.41) is 6.74. The van der Waals surface area contributed by atoms with Gasteiger partial charge >= 0.3 is 0 Å². The Labute approximate surface area is 316 Å². The molecule has 7 rings (SSSR count). The molecule has 282 valence electrons. The van der Waals surface area contributed by atoms with Crippen LogP contribution in [0.25, 0.3) is 10.9 Å². The van der Waals surface area contributed by atoms with Crippen LogP contribution in [0.5, 0.6) is 5.75 Å². The number of nitrogens with zero attached hydrogens (tertiary/aromatic N) is 7. The molecule has 2 saturated heterocycles. The number of carbonyl (C=O) groups excluding carboxylic acids is 4. The molecule has 2 fully saturated rings. The molecule has 0 radical (unpaired) electrons. The number of halogens is 1. The lowest BCUT2D eigenvalue weighted by molar-refractivity contribution is -0.137. The maximum Gasteiger partial charge on any atom is 0.293 e. The third kappa shape index (κ3) is 7.46. The SMILES string of the molecule is CN(C)C(=O)COc1cc2cc(Nc3nc(N4CCC(N(C)Cc5ccc6c(c5)CN(C5CCC(=O)NC5=O)C6=O)CC4)ncc3Cl)ccc2n(C)c1=O. The fourth-order valence-electron chi connectivity index (χ4n) is 7.29. The lowest BCUT2D eigenvalue weighted by Gasteiger charge is -2.37. The highest BCUT2D eigenvalue weighted by molar-refractivity contribution is 6.33. The van der Waals surface area contributed by atoms with Gasteiger partial charge < -0.3 is 29.3 Å². The Kier molecular flexibility index (Phi) is 10.3. The second kappa shape index (κ2) is 15.1. The molecule has 0 saturated carbocycles. The number of fused-ring (bicyclic) bond motifs is 2. The lowest BCUT2D eigenvalue weighted by atomic mass is 10.0. The number of anilines is 3. The first-order valence-electron chi connectivity index (χ1n) is 17.8. The summed E-state index contributed by atoms with van der Waals surface area (Å²) in [4.78, 5) is 78.8. The standard InChI is InChI=1S/C38H42ClN9O6/c1-44(2)33(50)21-54-31-17-23-16-25(6-8-29(23)46(4)37(31)53)41-34-28(39)18-40-38(43-34)47-13-11-26(12-14-47)45(3)19-22-5-7-27-24(15-22)20-48(36(27)52)30-9-10-32(49)42-35(30)51/h5-8,15-18,26,30H,9-14,19-21H2,1-4H3,(H,40,41,43)(H,42,49,51). The van der Waals surface area contributed by atoms with Crippen LogP contribution in [0.3, 0.4) is 0 Å². The summed E-state index contributed by atoms with van der Waals surface area (Å²) in [5.41, 5.74) is 3.65. The summed E-state index contributed by atoms with van der Waals surface area (Å²) in [6.07, 6.45) is 3.94. The molecular weight excluding hydrogens is 714 g/mol. The summed E-state index contributed by atoms with van der Waals surface area (Å²) in [5.74, 6) is -0.0409. The van der Waals surface area contributed by atoms with Crippen molar-refractivity contribution in [1.82, 2.24) is 34.6 Å². The van der Waals surface area contributed by atoms with E-state index in [4.69, 9.17) is 21.3 Å². The molecule has 0 bridgehead atoms. The number of hydrogen-bond acceptors (Lipinski definition) is 11. The Morgan fingerprint density at radius 3 is 2.56 bits per heavy atom. The Morgan fingerprint density at radius 1 is 1.04 bits per heavy atom. The van der Waals surface area contributed by atoms with Crippen LogP contribution in [0.15, 0.2) is 53.5 Å². The second-order valence-corrected chi connectivity index (χ2v) is 14.6. The van der Waals surface area contributed by atoms with Gasteiger partial charge in [0.1, 0.15) is 11.1 Å². The quantitative estimate of drug-likeness (QED) is 0.229. The first-order chi connectivity index (χ1) is 25.9. The number of hydrogen-bond donors (Lipinski definition) is 2. The number of rotatable bonds is 10. The van der Waals surface area contributed by atoms with Gasteiger partial charge in [0, 0.05) is 76.4 Å².